The standard InChI is InChI=1S/C28H36N4O7/c1-31(2)17-9-14(11-30-10-12-5-6-12)22(33)19-15(17)7-13-8-16-21(32(3)4)24(35)20(27(29)38)26(37)28(16,39)25(36)18(13)23(19)34/h9,12-13,16,18,20-21,30,33,39H,5-8,10-11H2,1-4H3,(H2,29,38)/t13-,16-,18?,20?,21-,28-/m0/s1. The monoisotopic (exact) mass is 540 g/mol. The average molecular weight is 541 g/mol. The van der Waals surface area contributed by atoms with Crippen molar-refractivity contribution in [1.29, 1.82) is 0 Å². The minimum atomic E-state index is -2.72. The number of amides is 1. The molecule has 1 aromatic rings. The van der Waals surface area contributed by atoms with Crippen LogP contribution >= 0.6 is 0 Å². The molecular weight excluding hydrogens is 504 g/mol. The van der Waals surface area contributed by atoms with E-state index < -0.39 is 64.4 Å². The number of phenolic OH excluding ortho intramolecular Hbond substituents is 1. The van der Waals surface area contributed by atoms with Gasteiger partial charge in [0.05, 0.1) is 17.5 Å². The summed E-state index contributed by atoms with van der Waals surface area (Å²) >= 11 is 0. The molecule has 0 spiro atoms. The number of anilines is 1. The van der Waals surface area contributed by atoms with Gasteiger partial charge in [0.1, 0.15) is 5.75 Å². The maximum atomic E-state index is 14.0. The fraction of sp³-hybridized carbons (Fsp3) is 0.607. The van der Waals surface area contributed by atoms with Gasteiger partial charge >= 0.3 is 0 Å². The number of aliphatic hydroxyl groups is 1. The number of nitrogens with two attached hydrogens (primary N) is 1. The van der Waals surface area contributed by atoms with Gasteiger partial charge in [-0.3, -0.25) is 28.9 Å². The Labute approximate surface area is 226 Å². The fourth-order valence-corrected chi connectivity index (χ4v) is 6.97. The molecule has 11 heteroatoms. The Balaban J connectivity index is 1.59. The smallest absolute Gasteiger partial charge is 0.235 e. The van der Waals surface area contributed by atoms with Crippen molar-refractivity contribution in [3.8, 4) is 5.75 Å². The van der Waals surface area contributed by atoms with E-state index in [0.29, 0.717) is 23.6 Å². The van der Waals surface area contributed by atoms with Crippen LogP contribution in [0.4, 0.5) is 5.69 Å². The highest BCUT2D eigenvalue weighted by Gasteiger charge is 2.69. The Hall–Kier alpha value is -3.15. The molecule has 5 rings (SSSR count). The normalized spacial score (nSPS) is 32.1. The third-order valence-electron chi connectivity index (χ3n) is 9.04. The van der Waals surface area contributed by atoms with Crippen LogP contribution in [-0.4, -0.2) is 90.5 Å². The van der Waals surface area contributed by atoms with Gasteiger partial charge in [-0.15, -0.1) is 0 Å². The molecule has 4 aliphatic rings. The number of rotatable bonds is 7. The van der Waals surface area contributed by atoms with Crippen LogP contribution in [0.5, 0.6) is 5.75 Å². The van der Waals surface area contributed by atoms with Crippen LogP contribution in [0.2, 0.25) is 0 Å². The van der Waals surface area contributed by atoms with E-state index in [1.807, 2.05) is 25.1 Å². The summed E-state index contributed by atoms with van der Waals surface area (Å²) < 4.78 is 0. The summed E-state index contributed by atoms with van der Waals surface area (Å²) in [7, 11) is 6.80. The Morgan fingerprint density at radius 2 is 1.79 bits per heavy atom. The molecule has 0 bridgehead atoms. The number of hydrogen-bond acceptors (Lipinski definition) is 10. The van der Waals surface area contributed by atoms with Crippen molar-refractivity contribution >= 4 is 34.7 Å². The predicted molar refractivity (Wildman–Crippen MR) is 140 cm³/mol. The lowest BCUT2D eigenvalue weighted by atomic mass is 9.52. The lowest BCUT2D eigenvalue weighted by Gasteiger charge is -2.52. The van der Waals surface area contributed by atoms with E-state index in [2.05, 4.69) is 5.32 Å². The van der Waals surface area contributed by atoms with Crippen molar-refractivity contribution in [3.05, 3.63) is 22.8 Å². The van der Waals surface area contributed by atoms with Crippen LogP contribution in [0.1, 0.15) is 40.7 Å². The van der Waals surface area contributed by atoms with Crippen LogP contribution in [0.25, 0.3) is 0 Å². The van der Waals surface area contributed by atoms with E-state index in [9.17, 15) is 34.2 Å². The molecule has 0 radical (unpaired) electrons. The summed E-state index contributed by atoms with van der Waals surface area (Å²) in [4.78, 5) is 70.0. The fourth-order valence-electron chi connectivity index (χ4n) is 6.97. The first-order valence-electron chi connectivity index (χ1n) is 13.4. The molecule has 0 heterocycles. The number of hydrogen-bond donors (Lipinski definition) is 4. The van der Waals surface area contributed by atoms with Gasteiger partial charge in [0, 0.05) is 37.8 Å². The number of nitrogens with zero attached hydrogens (tertiary/aromatic N) is 2. The second-order valence-corrected chi connectivity index (χ2v) is 12.0. The van der Waals surface area contributed by atoms with E-state index in [0.717, 1.165) is 25.1 Å². The molecule has 4 aliphatic carbocycles. The van der Waals surface area contributed by atoms with Gasteiger partial charge in [0.15, 0.2) is 34.7 Å². The van der Waals surface area contributed by atoms with Crippen molar-refractivity contribution in [2.75, 3.05) is 39.6 Å². The van der Waals surface area contributed by atoms with Gasteiger partial charge in [-0.2, -0.15) is 0 Å². The molecule has 0 aliphatic heterocycles. The lowest BCUT2D eigenvalue weighted by molar-refractivity contribution is -0.181. The number of primary amides is 1. The largest absolute Gasteiger partial charge is 0.507 e. The highest BCUT2D eigenvalue weighted by atomic mass is 16.3. The molecule has 39 heavy (non-hydrogen) atoms. The number of aromatic hydroxyl groups is 1. The number of nitrogens with one attached hydrogen (secondary N) is 1. The van der Waals surface area contributed by atoms with Gasteiger partial charge in [-0.05, 0) is 69.8 Å². The third kappa shape index (κ3) is 4.09. The molecule has 11 nitrogen and oxygen atoms in total. The van der Waals surface area contributed by atoms with Gasteiger partial charge < -0.3 is 26.2 Å². The first kappa shape index (κ1) is 27.4. The van der Waals surface area contributed by atoms with E-state index in [1.165, 1.54) is 4.90 Å². The molecule has 0 saturated heterocycles. The van der Waals surface area contributed by atoms with Crippen molar-refractivity contribution in [3.63, 3.8) is 0 Å². The molecule has 5 N–H and O–H groups in total. The summed E-state index contributed by atoms with van der Waals surface area (Å²) in [6, 6.07) is 0.726. The van der Waals surface area contributed by atoms with Gasteiger partial charge in [0.2, 0.25) is 5.91 Å². The number of fused-ring (bicyclic) bond motifs is 3. The average Bonchev–Trinajstić information content (AvgIpc) is 3.66. The molecule has 2 unspecified atom stereocenters. The number of likely N-dealkylation sites (N-methyl/N-ethyl adjacent to an activating group) is 1. The number of carbonyl (C=O) groups excluding carboxylic acids is 5. The first-order chi connectivity index (χ1) is 18.3. The van der Waals surface area contributed by atoms with E-state index >= 15 is 0 Å². The molecule has 0 aromatic heterocycles. The lowest BCUT2D eigenvalue weighted by Crippen LogP contribution is -2.74. The highest BCUT2D eigenvalue weighted by Crippen LogP contribution is 2.52. The summed E-state index contributed by atoms with van der Waals surface area (Å²) in [5, 5.41) is 26.3. The summed E-state index contributed by atoms with van der Waals surface area (Å²) in [6.07, 6.45) is 2.59. The summed E-state index contributed by atoms with van der Waals surface area (Å²) in [5.41, 5.74) is 4.52. The van der Waals surface area contributed by atoms with Gasteiger partial charge in [0.25, 0.3) is 0 Å². The number of ketones is 4. The Morgan fingerprint density at radius 3 is 2.36 bits per heavy atom. The maximum absolute atomic E-state index is 14.0. The Bertz CT molecular complexity index is 1290. The zero-order chi connectivity index (χ0) is 28.5. The van der Waals surface area contributed by atoms with E-state index in [1.54, 1.807) is 14.1 Å². The Morgan fingerprint density at radius 1 is 1.13 bits per heavy atom. The van der Waals surface area contributed by atoms with Crippen molar-refractivity contribution in [1.82, 2.24) is 10.2 Å². The molecule has 3 saturated carbocycles. The summed E-state index contributed by atoms with van der Waals surface area (Å²) in [5.74, 6) is -9.68. The van der Waals surface area contributed by atoms with Crippen LogP contribution in [-0.2, 0) is 32.1 Å². The molecule has 1 aromatic carbocycles. The molecule has 210 valence electrons. The highest BCUT2D eigenvalue weighted by molar-refractivity contribution is 6.32. The predicted octanol–water partition coefficient (Wildman–Crippen LogP) is -0.567. The zero-order valence-electron chi connectivity index (χ0n) is 22.7. The second-order valence-electron chi connectivity index (χ2n) is 12.0. The maximum Gasteiger partial charge on any atom is 0.235 e. The molecular formula is C28H36N4O7. The molecule has 6 atom stereocenters. The van der Waals surface area contributed by atoms with Crippen LogP contribution < -0.4 is 16.0 Å². The number of carbonyl (C=O) groups is 5. The Kier molecular flexibility index (Phi) is 6.68. The first-order valence-corrected chi connectivity index (χ1v) is 13.4. The minimum Gasteiger partial charge on any atom is -0.507 e. The van der Waals surface area contributed by atoms with E-state index in [-0.39, 0.29) is 24.2 Å². The van der Waals surface area contributed by atoms with Crippen molar-refractivity contribution < 1.29 is 34.2 Å². The minimum absolute atomic E-state index is 0.0241. The third-order valence-corrected chi connectivity index (χ3v) is 9.04. The quantitative estimate of drug-likeness (QED) is 0.329. The van der Waals surface area contributed by atoms with E-state index in [4.69, 9.17) is 5.73 Å². The van der Waals surface area contributed by atoms with Gasteiger partial charge in [-0.1, -0.05) is 0 Å². The molecule has 3 fully saturated rings. The topological polar surface area (TPSA) is 170 Å². The number of phenols is 1. The second kappa shape index (κ2) is 9.50. The SMILES string of the molecule is CN(C)c1cc(CNCC2CC2)c(O)c2c1C[C@H]1C[C@H]3[C@H](N(C)C)C(=O)C(C(N)=O)C(=O)[C@@]3(O)C(=O)C1C2=O. The number of Topliss-reactive ketones (excluding diaryl/α,β-unsaturated/α-hetero) is 4. The summed E-state index contributed by atoms with van der Waals surface area (Å²) in [6.45, 7) is 1.14. The van der Waals surface area contributed by atoms with Crippen molar-refractivity contribution in [2.45, 2.75) is 43.9 Å². The molecule has 1 amide bonds. The number of benzene rings is 1. The van der Waals surface area contributed by atoms with Crippen LogP contribution in [0.3, 0.4) is 0 Å². The zero-order valence-corrected chi connectivity index (χ0v) is 22.7. The van der Waals surface area contributed by atoms with Crippen LogP contribution in [0.15, 0.2) is 6.07 Å². The van der Waals surface area contributed by atoms with Crippen molar-refractivity contribution in [2.24, 2.45) is 35.3 Å². The van der Waals surface area contributed by atoms with Crippen LogP contribution in [0, 0.1) is 29.6 Å². The van der Waals surface area contributed by atoms with Gasteiger partial charge in [-0.25, -0.2) is 0 Å².